The Labute approximate surface area is 175 Å². The molecule has 0 bridgehead atoms. The number of carboxylic acid groups (broad SMARTS) is 1. The fraction of sp³-hybridized carbons (Fsp3) is 0.435. The Morgan fingerprint density at radius 1 is 1.07 bits per heavy atom. The Morgan fingerprint density at radius 3 is 2.26 bits per heavy atom. The lowest BCUT2D eigenvalue weighted by molar-refractivity contribution is 0.0696. The lowest BCUT2D eigenvalue weighted by atomic mass is 9.62. The molecule has 0 heterocycles. The molecule has 0 unspecified atom stereocenters. The number of aromatic carboxylic acids is 1. The first-order chi connectivity index (χ1) is 12.5. The van der Waals surface area contributed by atoms with E-state index in [4.69, 9.17) is 4.74 Å². The second-order valence-corrected chi connectivity index (χ2v) is 9.99. The van der Waals surface area contributed by atoms with Crippen LogP contribution in [0.25, 0.3) is 0 Å². The van der Waals surface area contributed by atoms with Gasteiger partial charge in [0.25, 0.3) is 0 Å². The summed E-state index contributed by atoms with van der Waals surface area (Å²) in [6, 6.07) is 9.62. The molecule has 27 heavy (non-hydrogen) atoms. The number of hydrogen-bond acceptors (Lipinski definition) is 2. The third-order valence-electron chi connectivity index (χ3n) is 5.87. The molecule has 0 radical (unpaired) electrons. The SMILES string of the molecule is Cc1cc2c(cc1COc1cc(C(=O)O)ccc1I)C(C)(C)CCC2(C)C. The molecule has 144 valence electrons. The predicted molar refractivity (Wildman–Crippen MR) is 117 cm³/mol. The van der Waals surface area contributed by atoms with Crippen LogP contribution >= 0.6 is 22.6 Å². The summed E-state index contributed by atoms with van der Waals surface area (Å²) in [4.78, 5) is 11.2. The molecular formula is C23H27IO3. The Balaban J connectivity index is 1.93. The zero-order chi connectivity index (χ0) is 20.0. The van der Waals surface area contributed by atoms with Crippen LogP contribution in [0.1, 0.15) is 73.1 Å². The van der Waals surface area contributed by atoms with Gasteiger partial charge in [-0.1, -0.05) is 39.8 Å². The van der Waals surface area contributed by atoms with Crippen LogP contribution in [0.2, 0.25) is 0 Å². The molecule has 0 amide bonds. The lowest BCUT2D eigenvalue weighted by Crippen LogP contribution is -2.34. The van der Waals surface area contributed by atoms with Crippen molar-refractivity contribution in [2.24, 2.45) is 0 Å². The number of hydrogen-bond donors (Lipinski definition) is 1. The van der Waals surface area contributed by atoms with E-state index in [1.165, 1.54) is 29.5 Å². The normalized spacial score (nSPS) is 17.3. The Kier molecular flexibility index (Phi) is 5.32. The zero-order valence-corrected chi connectivity index (χ0v) is 18.8. The lowest BCUT2D eigenvalue weighted by Gasteiger charge is -2.42. The number of halogens is 1. The molecule has 3 nitrogen and oxygen atoms in total. The van der Waals surface area contributed by atoms with Crippen molar-refractivity contribution in [1.82, 2.24) is 0 Å². The van der Waals surface area contributed by atoms with Crippen molar-refractivity contribution in [3.63, 3.8) is 0 Å². The van der Waals surface area contributed by atoms with E-state index in [1.807, 2.05) is 0 Å². The first kappa shape index (κ1) is 20.2. The highest BCUT2D eigenvalue weighted by molar-refractivity contribution is 14.1. The quantitative estimate of drug-likeness (QED) is 0.531. The van der Waals surface area contributed by atoms with Crippen LogP contribution < -0.4 is 4.74 Å². The number of carbonyl (C=O) groups is 1. The van der Waals surface area contributed by atoms with E-state index in [-0.39, 0.29) is 16.4 Å². The van der Waals surface area contributed by atoms with E-state index in [1.54, 1.807) is 18.2 Å². The minimum atomic E-state index is -0.940. The fourth-order valence-electron chi connectivity index (χ4n) is 3.82. The molecule has 0 spiro atoms. The van der Waals surface area contributed by atoms with Gasteiger partial charge < -0.3 is 9.84 Å². The molecule has 0 aromatic heterocycles. The summed E-state index contributed by atoms with van der Waals surface area (Å²) in [5, 5.41) is 9.21. The van der Waals surface area contributed by atoms with Crippen LogP contribution in [0.4, 0.5) is 0 Å². The third-order valence-corrected chi connectivity index (χ3v) is 6.76. The van der Waals surface area contributed by atoms with Gasteiger partial charge >= 0.3 is 5.97 Å². The molecular weight excluding hydrogens is 451 g/mol. The van der Waals surface area contributed by atoms with Crippen LogP contribution in [0.3, 0.4) is 0 Å². The molecule has 0 saturated heterocycles. The van der Waals surface area contributed by atoms with E-state index in [9.17, 15) is 9.90 Å². The van der Waals surface area contributed by atoms with Crippen LogP contribution in [0.5, 0.6) is 5.75 Å². The summed E-state index contributed by atoms with van der Waals surface area (Å²) in [5.41, 5.74) is 5.85. The topological polar surface area (TPSA) is 46.5 Å². The first-order valence-electron chi connectivity index (χ1n) is 9.31. The van der Waals surface area contributed by atoms with E-state index in [0.29, 0.717) is 12.4 Å². The summed E-state index contributed by atoms with van der Waals surface area (Å²) in [7, 11) is 0. The van der Waals surface area contributed by atoms with Crippen molar-refractivity contribution in [1.29, 1.82) is 0 Å². The highest BCUT2D eigenvalue weighted by Crippen LogP contribution is 2.46. The predicted octanol–water partition coefficient (Wildman–Crippen LogP) is 6.23. The van der Waals surface area contributed by atoms with E-state index in [0.717, 1.165) is 9.13 Å². The molecule has 3 rings (SSSR count). The number of fused-ring (bicyclic) bond motifs is 1. The van der Waals surface area contributed by atoms with Crippen LogP contribution in [0.15, 0.2) is 30.3 Å². The van der Waals surface area contributed by atoms with Crippen molar-refractivity contribution in [2.75, 3.05) is 0 Å². The van der Waals surface area contributed by atoms with Crippen molar-refractivity contribution < 1.29 is 14.6 Å². The van der Waals surface area contributed by atoms with Gasteiger partial charge in [-0.3, -0.25) is 0 Å². The van der Waals surface area contributed by atoms with Crippen molar-refractivity contribution in [3.05, 3.63) is 61.7 Å². The Bertz CT molecular complexity index is 897. The number of benzene rings is 2. The Hall–Kier alpha value is -1.56. The number of carboxylic acids is 1. The van der Waals surface area contributed by atoms with Gasteiger partial charge in [0.15, 0.2) is 0 Å². The smallest absolute Gasteiger partial charge is 0.335 e. The number of aryl methyl sites for hydroxylation is 1. The maximum absolute atomic E-state index is 11.2. The van der Waals surface area contributed by atoms with Gasteiger partial charge in [-0.25, -0.2) is 4.79 Å². The Morgan fingerprint density at radius 2 is 1.67 bits per heavy atom. The molecule has 1 aliphatic carbocycles. The molecule has 0 saturated carbocycles. The average Bonchev–Trinajstić information content (AvgIpc) is 2.58. The van der Waals surface area contributed by atoms with E-state index < -0.39 is 5.97 Å². The van der Waals surface area contributed by atoms with Gasteiger partial charge in [0, 0.05) is 0 Å². The summed E-state index contributed by atoms with van der Waals surface area (Å²) >= 11 is 2.18. The van der Waals surface area contributed by atoms with Crippen molar-refractivity contribution >= 4 is 28.6 Å². The molecule has 0 fully saturated rings. The van der Waals surface area contributed by atoms with Crippen LogP contribution in [-0.4, -0.2) is 11.1 Å². The summed E-state index contributed by atoms with van der Waals surface area (Å²) in [6.07, 6.45) is 2.37. The number of ether oxygens (including phenoxy) is 1. The molecule has 4 heteroatoms. The van der Waals surface area contributed by atoms with E-state index in [2.05, 4.69) is 69.3 Å². The van der Waals surface area contributed by atoms with Crippen molar-refractivity contribution in [2.45, 2.75) is 64.9 Å². The monoisotopic (exact) mass is 478 g/mol. The van der Waals surface area contributed by atoms with Gasteiger partial charge in [0.1, 0.15) is 12.4 Å². The van der Waals surface area contributed by atoms with Gasteiger partial charge in [0.2, 0.25) is 0 Å². The minimum absolute atomic E-state index is 0.158. The zero-order valence-electron chi connectivity index (χ0n) is 16.6. The average molecular weight is 478 g/mol. The molecule has 2 aromatic rings. The standard InChI is InChI=1S/C23H27IO3/c1-14-10-17-18(23(4,5)9-8-22(17,2)3)11-16(14)13-27-20-12-15(21(25)26)6-7-19(20)24/h6-7,10-12H,8-9,13H2,1-5H3,(H,25,26). The third kappa shape index (κ3) is 4.00. The van der Waals surface area contributed by atoms with Crippen LogP contribution in [-0.2, 0) is 17.4 Å². The summed E-state index contributed by atoms with van der Waals surface area (Å²) < 4.78 is 6.95. The molecule has 0 aliphatic heterocycles. The highest BCUT2D eigenvalue weighted by Gasteiger charge is 2.37. The molecule has 1 N–H and O–H groups in total. The number of rotatable bonds is 4. The summed E-state index contributed by atoms with van der Waals surface area (Å²) in [6.45, 7) is 11.9. The van der Waals surface area contributed by atoms with Crippen molar-refractivity contribution in [3.8, 4) is 5.75 Å². The maximum atomic E-state index is 11.2. The van der Waals surface area contributed by atoms with Gasteiger partial charge in [-0.05, 0) is 93.6 Å². The fourth-order valence-corrected chi connectivity index (χ4v) is 4.32. The second kappa shape index (κ2) is 7.12. The van der Waals surface area contributed by atoms with Gasteiger partial charge in [-0.15, -0.1) is 0 Å². The molecule has 2 aromatic carbocycles. The minimum Gasteiger partial charge on any atom is -0.488 e. The first-order valence-corrected chi connectivity index (χ1v) is 10.4. The maximum Gasteiger partial charge on any atom is 0.335 e. The van der Waals surface area contributed by atoms with Crippen LogP contribution in [0, 0.1) is 10.5 Å². The van der Waals surface area contributed by atoms with Gasteiger partial charge in [-0.2, -0.15) is 0 Å². The highest BCUT2D eigenvalue weighted by atomic mass is 127. The molecule has 1 aliphatic rings. The van der Waals surface area contributed by atoms with E-state index >= 15 is 0 Å². The largest absolute Gasteiger partial charge is 0.488 e. The van der Waals surface area contributed by atoms with Gasteiger partial charge in [0.05, 0.1) is 9.13 Å². The second-order valence-electron chi connectivity index (χ2n) is 8.83. The molecule has 0 atom stereocenters. The summed E-state index contributed by atoms with van der Waals surface area (Å²) in [5.74, 6) is -0.322.